The maximum atomic E-state index is 13.2. The average molecular weight is 390 g/mol. The van der Waals surface area contributed by atoms with Crippen molar-refractivity contribution >= 4 is 17.5 Å². The number of nitrogens with one attached hydrogen (secondary N) is 2. The Labute approximate surface area is 168 Å². The van der Waals surface area contributed by atoms with Crippen molar-refractivity contribution in [2.45, 2.75) is 25.8 Å². The molecule has 3 aromatic rings. The average Bonchev–Trinajstić information content (AvgIpc) is 3.14. The van der Waals surface area contributed by atoms with Crippen LogP contribution in [0.2, 0.25) is 0 Å². The number of aliphatic hydroxyl groups excluding tert-OH is 1. The van der Waals surface area contributed by atoms with Crippen molar-refractivity contribution in [1.29, 1.82) is 0 Å². The summed E-state index contributed by atoms with van der Waals surface area (Å²) in [6.07, 6.45) is 2.83. The Kier molecular flexibility index (Phi) is 5.35. The molecular weight excluding hydrogens is 368 g/mol. The number of nitrogens with zero attached hydrogens (tertiary/aromatic N) is 4. The van der Waals surface area contributed by atoms with Gasteiger partial charge in [0.1, 0.15) is 6.04 Å². The number of allylic oxidation sites excluding steroid dienone is 1. The Morgan fingerprint density at radius 1 is 1.21 bits per heavy atom. The fourth-order valence-electron chi connectivity index (χ4n) is 3.36. The topological polar surface area (TPSA) is 105 Å². The van der Waals surface area contributed by atoms with Crippen LogP contribution >= 0.6 is 0 Å². The van der Waals surface area contributed by atoms with Crippen LogP contribution < -0.4 is 10.6 Å². The van der Waals surface area contributed by atoms with Gasteiger partial charge in [-0.05, 0) is 37.6 Å². The van der Waals surface area contributed by atoms with Gasteiger partial charge in [-0.15, -0.1) is 0 Å². The van der Waals surface area contributed by atoms with E-state index >= 15 is 0 Å². The van der Waals surface area contributed by atoms with Gasteiger partial charge in [-0.25, -0.2) is 4.68 Å². The van der Waals surface area contributed by atoms with E-state index in [0.717, 1.165) is 0 Å². The normalized spacial score (nSPS) is 15.6. The Hall–Kier alpha value is -3.52. The van der Waals surface area contributed by atoms with Gasteiger partial charge in [0.15, 0.2) is 5.82 Å². The molecule has 1 amide bonds. The molecule has 0 radical (unpaired) electrons. The number of anilines is 2. The van der Waals surface area contributed by atoms with E-state index in [1.165, 1.54) is 0 Å². The molecule has 2 aromatic heterocycles. The maximum absolute atomic E-state index is 13.2. The highest BCUT2D eigenvalue weighted by molar-refractivity contribution is 6.05. The second-order valence-electron chi connectivity index (χ2n) is 6.76. The van der Waals surface area contributed by atoms with Gasteiger partial charge in [0, 0.05) is 30.6 Å². The lowest BCUT2D eigenvalue weighted by molar-refractivity contribution is -0.113. The lowest BCUT2D eigenvalue weighted by atomic mass is 9.98. The molecule has 1 aliphatic heterocycles. The molecule has 0 spiro atoms. The zero-order valence-electron chi connectivity index (χ0n) is 16.0. The Bertz CT molecular complexity index is 1030. The zero-order chi connectivity index (χ0) is 20.2. The number of carbonyl (C=O) groups is 1. The highest BCUT2D eigenvalue weighted by Gasteiger charge is 2.35. The Morgan fingerprint density at radius 2 is 2.00 bits per heavy atom. The molecule has 3 N–H and O–H groups in total. The fraction of sp³-hybridized carbons (Fsp3) is 0.238. The molecule has 8 nitrogen and oxygen atoms in total. The largest absolute Gasteiger partial charge is 0.396 e. The smallest absolute Gasteiger partial charge is 0.255 e. The van der Waals surface area contributed by atoms with Crippen LogP contribution in [0, 0.1) is 0 Å². The van der Waals surface area contributed by atoms with Crippen molar-refractivity contribution in [1.82, 2.24) is 19.7 Å². The number of aryl methyl sites for hydroxylation is 1. The number of aliphatic hydroxyl groups is 1. The number of hydrogen-bond acceptors (Lipinski definition) is 6. The molecule has 0 unspecified atom stereocenters. The summed E-state index contributed by atoms with van der Waals surface area (Å²) in [5.41, 5.74) is 2.64. The summed E-state index contributed by atoms with van der Waals surface area (Å²) in [5, 5.41) is 19.9. The van der Waals surface area contributed by atoms with Crippen molar-refractivity contribution in [3.05, 3.63) is 77.5 Å². The molecule has 0 saturated heterocycles. The van der Waals surface area contributed by atoms with Gasteiger partial charge >= 0.3 is 0 Å². The molecule has 148 valence electrons. The van der Waals surface area contributed by atoms with E-state index in [-0.39, 0.29) is 12.5 Å². The van der Waals surface area contributed by atoms with Crippen LogP contribution in [0.3, 0.4) is 0 Å². The van der Waals surface area contributed by atoms with Crippen LogP contribution in [0.5, 0.6) is 0 Å². The number of pyridine rings is 1. The third-order valence-electron chi connectivity index (χ3n) is 4.70. The number of hydrogen-bond donors (Lipinski definition) is 3. The molecular formula is C21H22N6O2. The van der Waals surface area contributed by atoms with Crippen LogP contribution in [-0.2, 0) is 11.2 Å². The van der Waals surface area contributed by atoms with Gasteiger partial charge in [-0.2, -0.15) is 10.1 Å². The van der Waals surface area contributed by atoms with E-state index in [2.05, 4.69) is 25.7 Å². The lowest BCUT2D eigenvalue weighted by Crippen LogP contribution is -2.32. The second-order valence-corrected chi connectivity index (χ2v) is 6.76. The van der Waals surface area contributed by atoms with Crippen molar-refractivity contribution in [2.75, 3.05) is 17.2 Å². The highest BCUT2D eigenvalue weighted by Crippen LogP contribution is 2.34. The van der Waals surface area contributed by atoms with Crippen molar-refractivity contribution in [3.63, 3.8) is 0 Å². The van der Waals surface area contributed by atoms with Gasteiger partial charge in [0.2, 0.25) is 5.95 Å². The minimum Gasteiger partial charge on any atom is -0.396 e. The van der Waals surface area contributed by atoms with Crippen molar-refractivity contribution in [2.24, 2.45) is 0 Å². The summed E-state index contributed by atoms with van der Waals surface area (Å²) < 4.78 is 1.70. The minimum absolute atomic E-state index is 0.0724. The molecule has 8 heteroatoms. The SMILES string of the molecule is CC1=C(C(=O)Nc2ccccc2)[C@@H](c2ccccn2)n2nc(CCCO)nc2N1. The number of para-hydroxylation sites is 1. The minimum atomic E-state index is -0.508. The number of rotatable bonds is 6. The molecule has 1 atom stereocenters. The lowest BCUT2D eigenvalue weighted by Gasteiger charge is -2.28. The van der Waals surface area contributed by atoms with E-state index in [1.54, 1.807) is 10.9 Å². The van der Waals surface area contributed by atoms with Gasteiger partial charge in [-0.3, -0.25) is 9.78 Å². The first-order valence-electron chi connectivity index (χ1n) is 9.49. The quantitative estimate of drug-likeness (QED) is 0.597. The van der Waals surface area contributed by atoms with Gasteiger partial charge in [0.05, 0.1) is 11.3 Å². The number of carbonyl (C=O) groups excluding carboxylic acids is 1. The van der Waals surface area contributed by atoms with Crippen LogP contribution in [0.4, 0.5) is 11.6 Å². The van der Waals surface area contributed by atoms with E-state index in [4.69, 9.17) is 5.11 Å². The molecule has 3 heterocycles. The molecule has 1 aliphatic rings. The first-order valence-corrected chi connectivity index (χ1v) is 9.49. The number of benzene rings is 1. The van der Waals surface area contributed by atoms with Crippen LogP contribution in [0.15, 0.2) is 66.0 Å². The fourth-order valence-corrected chi connectivity index (χ4v) is 3.36. The predicted octanol–water partition coefficient (Wildman–Crippen LogP) is 2.53. The monoisotopic (exact) mass is 390 g/mol. The van der Waals surface area contributed by atoms with Crippen LogP contribution in [0.1, 0.15) is 30.9 Å². The third kappa shape index (κ3) is 3.88. The standard InChI is InChI=1S/C21H22N6O2/c1-14-18(20(29)24-15-8-3-2-4-9-15)19(16-10-5-6-12-22-16)27-21(23-14)25-17(26-27)11-7-13-28/h2-6,8-10,12,19,28H,7,11,13H2,1H3,(H,24,29)(H,23,25,26)/t19-/m1/s1. The highest BCUT2D eigenvalue weighted by atomic mass is 16.3. The summed E-state index contributed by atoms with van der Waals surface area (Å²) in [4.78, 5) is 22.2. The van der Waals surface area contributed by atoms with E-state index in [1.807, 2.05) is 55.5 Å². The molecule has 0 fully saturated rings. The van der Waals surface area contributed by atoms with Crippen LogP contribution in [-0.4, -0.2) is 37.4 Å². The number of amides is 1. The Morgan fingerprint density at radius 3 is 2.72 bits per heavy atom. The van der Waals surface area contributed by atoms with Crippen LogP contribution in [0.25, 0.3) is 0 Å². The summed E-state index contributed by atoms with van der Waals surface area (Å²) in [6, 6.07) is 14.4. The van der Waals surface area contributed by atoms with Crippen molar-refractivity contribution in [3.8, 4) is 0 Å². The van der Waals surface area contributed by atoms with Gasteiger partial charge in [-0.1, -0.05) is 24.3 Å². The summed E-state index contributed by atoms with van der Waals surface area (Å²) in [7, 11) is 0. The zero-order valence-corrected chi connectivity index (χ0v) is 16.0. The molecule has 4 rings (SSSR count). The second kappa shape index (κ2) is 8.24. The predicted molar refractivity (Wildman–Crippen MR) is 109 cm³/mol. The Balaban J connectivity index is 1.74. The maximum Gasteiger partial charge on any atom is 0.255 e. The van der Waals surface area contributed by atoms with Crippen molar-refractivity contribution < 1.29 is 9.90 Å². The molecule has 0 aliphatic carbocycles. The number of fused-ring (bicyclic) bond motifs is 1. The van der Waals surface area contributed by atoms with E-state index < -0.39 is 6.04 Å². The van der Waals surface area contributed by atoms with E-state index in [0.29, 0.717) is 47.3 Å². The first-order chi connectivity index (χ1) is 14.2. The molecule has 1 aromatic carbocycles. The van der Waals surface area contributed by atoms with Gasteiger partial charge < -0.3 is 15.7 Å². The molecule has 29 heavy (non-hydrogen) atoms. The summed E-state index contributed by atoms with van der Waals surface area (Å²) in [6.45, 7) is 1.92. The third-order valence-corrected chi connectivity index (χ3v) is 4.70. The first kappa shape index (κ1) is 18.8. The summed E-state index contributed by atoms with van der Waals surface area (Å²) in [5.74, 6) is 0.942. The number of aromatic nitrogens is 4. The molecule has 0 bridgehead atoms. The molecule has 0 saturated carbocycles. The summed E-state index contributed by atoms with van der Waals surface area (Å²) >= 11 is 0. The van der Waals surface area contributed by atoms with E-state index in [9.17, 15) is 4.79 Å². The van der Waals surface area contributed by atoms with Gasteiger partial charge in [0.25, 0.3) is 5.91 Å².